The first kappa shape index (κ1) is 6.36. The monoisotopic (exact) mass is 164 g/mol. The molecule has 0 amide bonds. The topological polar surface area (TPSA) is 51.6 Å². The van der Waals surface area contributed by atoms with E-state index in [1.54, 1.807) is 17.8 Å². The maximum Gasteiger partial charge on any atom is 0.166 e. The zero-order valence-corrected chi connectivity index (χ0v) is 6.32. The molecule has 2 heterocycles. The summed E-state index contributed by atoms with van der Waals surface area (Å²) >= 11 is 1.46. The average Bonchev–Trinajstić information content (AvgIpc) is 2.58. The predicted molar refractivity (Wildman–Crippen MR) is 40.9 cm³/mol. The second kappa shape index (κ2) is 2.71. The third kappa shape index (κ3) is 1.22. The van der Waals surface area contributed by atoms with Crippen molar-refractivity contribution in [2.75, 3.05) is 0 Å². The molecule has 5 heteroatoms. The maximum absolute atomic E-state index is 4.02. The van der Waals surface area contributed by atoms with Gasteiger partial charge >= 0.3 is 0 Å². The molecule has 0 aliphatic heterocycles. The van der Waals surface area contributed by atoms with E-state index >= 15 is 0 Å². The van der Waals surface area contributed by atoms with E-state index in [0.717, 1.165) is 10.7 Å². The van der Waals surface area contributed by atoms with Crippen LogP contribution in [0.4, 0.5) is 0 Å². The van der Waals surface area contributed by atoms with Gasteiger partial charge in [0.05, 0.1) is 0 Å². The molecule has 2 aromatic rings. The molecule has 2 rings (SSSR count). The van der Waals surface area contributed by atoms with Crippen LogP contribution in [0.25, 0.3) is 10.7 Å². The maximum atomic E-state index is 4.02. The van der Waals surface area contributed by atoms with Crippen molar-refractivity contribution < 1.29 is 0 Å². The van der Waals surface area contributed by atoms with Crippen LogP contribution < -0.4 is 0 Å². The summed E-state index contributed by atoms with van der Waals surface area (Å²) in [6.45, 7) is 0. The molecule has 0 aromatic carbocycles. The molecule has 4 nitrogen and oxygen atoms in total. The second-order valence-electron chi connectivity index (χ2n) is 1.84. The van der Waals surface area contributed by atoms with Crippen molar-refractivity contribution in [3.63, 3.8) is 0 Å². The predicted octanol–water partition coefficient (Wildman–Crippen LogP) is 0.995. The molecule has 2 aromatic heterocycles. The van der Waals surface area contributed by atoms with E-state index in [-0.39, 0.29) is 0 Å². The highest BCUT2D eigenvalue weighted by atomic mass is 32.1. The molecule has 0 unspecified atom stereocenters. The highest BCUT2D eigenvalue weighted by Gasteiger charge is 1.99. The summed E-state index contributed by atoms with van der Waals surface area (Å²) in [5.41, 5.74) is 2.50. The van der Waals surface area contributed by atoms with Crippen LogP contribution in [0.1, 0.15) is 0 Å². The fraction of sp³-hybridized carbons (Fsp3) is 0. The van der Waals surface area contributed by atoms with Gasteiger partial charge in [0, 0.05) is 6.20 Å². The van der Waals surface area contributed by atoms with Gasteiger partial charge in [0.1, 0.15) is 17.5 Å². The summed E-state index contributed by atoms with van der Waals surface area (Å²) in [4.78, 5) is 7.82. The molecule has 0 aliphatic carbocycles. The molecule has 0 atom stereocenters. The van der Waals surface area contributed by atoms with Crippen LogP contribution >= 0.6 is 11.3 Å². The lowest BCUT2D eigenvalue weighted by atomic mass is 10.4. The van der Waals surface area contributed by atoms with Crippen LogP contribution in [0.15, 0.2) is 24.1 Å². The lowest BCUT2D eigenvalue weighted by molar-refractivity contribution is 1.08. The van der Waals surface area contributed by atoms with Crippen LogP contribution in [0.2, 0.25) is 0 Å². The number of nitrogens with zero attached hydrogens (tertiary/aromatic N) is 4. The van der Waals surface area contributed by atoms with E-state index in [2.05, 4.69) is 20.2 Å². The van der Waals surface area contributed by atoms with Gasteiger partial charge in [-0.3, -0.25) is 0 Å². The van der Waals surface area contributed by atoms with Crippen LogP contribution in [0, 0.1) is 0 Å². The van der Waals surface area contributed by atoms with Crippen molar-refractivity contribution in [3.8, 4) is 10.7 Å². The first-order valence-electron chi connectivity index (χ1n) is 2.99. The fourth-order valence-electron chi connectivity index (χ4n) is 0.702. The molecule has 54 valence electrons. The normalized spacial score (nSPS) is 9.82. The highest BCUT2D eigenvalue weighted by Crippen LogP contribution is 2.15. The SMILES string of the molecule is c1cc(-c2nncs2)ncn1. The van der Waals surface area contributed by atoms with Gasteiger partial charge in [-0.25, -0.2) is 9.97 Å². The second-order valence-corrected chi connectivity index (χ2v) is 2.67. The molecule has 0 radical (unpaired) electrons. The summed E-state index contributed by atoms with van der Waals surface area (Å²) < 4.78 is 0. The number of hydrogen-bond donors (Lipinski definition) is 0. The molecule has 0 saturated carbocycles. The van der Waals surface area contributed by atoms with Crippen LogP contribution in [-0.2, 0) is 0 Å². The largest absolute Gasteiger partial charge is 0.245 e. The lowest BCUT2D eigenvalue weighted by Gasteiger charge is -1.88. The molecular weight excluding hydrogens is 160 g/mol. The minimum Gasteiger partial charge on any atom is -0.245 e. The van der Waals surface area contributed by atoms with Gasteiger partial charge in [-0.2, -0.15) is 0 Å². The summed E-state index contributed by atoms with van der Waals surface area (Å²) in [7, 11) is 0. The third-order valence-corrected chi connectivity index (χ3v) is 1.87. The summed E-state index contributed by atoms with van der Waals surface area (Å²) in [6.07, 6.45) is 3.18. The Morgan fingerprint density at radius 3 is 3.00 bits per heavy atom. The minimum atomic E-state index is 0.822. The Morgan fingerprint density at radius 1 is 1.36 bits per heavy atom. The average molecular weight is 164 g/mol. The molecule has 0 saturated heterocycles. The van der Waals surface area contributed by atoms with Gasteiger partial charge in [-0.15, -0.1) is 10.2 Å². The smallest absolute Gasteiger partial charge is 0.166 e. The van der Waals surface area contributed by atoms with Gasteiger partial charge < -0.3 is 0 Å². The van der Waals surface area contributed by atoms with Crippen molar-refractivity contribution in [2.24, 2.45) is 0 Å². The number of hydrogen-bond acceptors (Lipinski definition) is 5. The molecular formula is C6H4N4S. The van der Waals surface area contributed by atoms with E-state index in [0.29, 0.717) is 0 Å². The van der Waals surface area contributed by atoms with Gasteiger partial charge in [0.15, 0.2) is 5.01 Å². The molecule has 0 N–H and O–H groups in total. The molecule has 0 bridgehead atoms. The molecule has 0 fully saturated rings. The van der Waals surface area contributed by atoms with E-state index < -0.39 is 0 Å². The van der Waals surface area contributed by atoms with Crippen molar-refractivity contribution in [1.82, 2.24) is 20.2 Å². The Morgan fingerprint density at radius 2 is 2.36 bits per heavy atom. The Balaban J connectivity index is 2.46. The van der Waals surface area contributed by atoms with E-state index in [1.165, 1.54) is 17.7 Å². The molecule has 0 aliphatic rings. The van der Waals surface area contributed by atoms with Gasteiger partial charge in [0.2, 0.25) is 0 Å². The fourth-order valence-corrected chi connectivity index (χ4v) is 1.23. The van der Waals surface area contributed by atoms with Crippen LogP contribution in [0.3, 0.4) is 0 Å². The minimum absolute atomic E-state index is 0.822. The highest BCUT2D eigenvalue weighted by molar-refractivity contribution is 7.12. The molecule has 0 spiro atoms. The Bertz CT molecular complexity index is 318. The van der Waals surface area contributed by atoms with Gasteiger partial charge in [-0.05, 0) is 6.07 Å². The third-order valence-electron chi connectivity index (χ3n) is 1.16. The van der Waals surface area contributed by atoms with Crippen molar-refractivity contribution in [2.45, 2.75) is 0 Å². The first-order valence-corrected chi connectivity index (χ1v) is 3.87. The zero-order valence-electron chi connectivity index (χ0n) is 5.51. The summed E-state index contributed by atoms with van der Waals surface area (Å²) in [5, 5.41) is 8.40. The zero-order chi connectivity index (χ0) is 7.52. The standard InChI is InChI=1S/C6H4N4S/c1-2-7-3-8-5(1)6-10-9-4-11-6/h1-4H. The number of aromatic nitrogens is 4. The Hall–Kier alpha value is -1.36. The van der Waals surface area contributed by atoms with Gasteiger partial charge in [-0.1, -0.05) is 11.3 Å². The summed E-state index contributed by atoms with van der Waals surface area (Å²) in [6, 6.07) is 1.81. The van der Waals surface area contributed by atoms with Crippen LogP contribution in [-0.4, -0.2) is 20.2 Å². The number of rotatable bonds is 1. The Kier molecular flexibility index (Phi) is 1.57. The van der Waals surface area contributed by atoms with E-state index in [9.17, 15) is 0 Å². The quantitative estimate of drug-likeness (QED) is 0.630. The Labute approximate surface area is 67.0 Å². The van der Waals surface area contributed by atoms with Crippen molar-refractivity contribution in [1.29, 1.82) is 0 Å². The summed E-state index contributed by atoms with van der Waals surface area (Å²) in [5.74, 6) is 0. The lowest BCUT2D eigenvalue weighted by Crippen LogP contribution is -1.82. The van der Waals surface area contributed by atoms with Crippen molar-refractivity contribution in [3.05, 3.63) is 24.1 Å². The molecule has 11 heavy (non-hydrogen) atoms. The first-order chi connectivity index (χ1) is 5.47. The van der Waals surface area contributed by atoms with Crippen LogP contribution in [0.5, 0.6) is 0 Å². The van der Waals surface area contributed by atoms with E-state index in [1.807, 2.05) is 0 Å². The van der Waals surface area contributed by atoms with E-state index in [4.69, 9.17) is 0 Å². The van der Waals surface area contributed by atoms with Gasteiger partial charge in [0.25, 0.3) is 0 Å². The van der Waals surface area contributed by atoms with Crippen molar-refractivity contribution >= 4 is 11.3 Å².